The summed E-state index contributed by atoms with van der Waals surface area (Å²) in [5.41, 5.74) is 2.91. The molecule has 0 aromatic rings. The summed E-state index contributed by atoms with van der Waals surface area (Å²) in [5.74, 6) is -1.15. The highest BCUT2D eigenvalue weighted by molar-refractivity contribution is 5.66. The van der Waals surface area contributed by atoms with E-state index in [1.54, 1.807) is 31.2 Å². The van der Waals surface area contributed by atoms with Crippen LogP contribution in [0, 0.1) is 11.8 Å². The van der Waals surface area contributed by atoms with Crippen LogP contribution in [0.3, 0.4) is 0 Å². The topological polar surface area (TPSA) is 98.0 Å². The summed E-state index contributed by atoms with van der Waals surface area (Å²) >= 11 is 0. The Labute approximate surface area is 124 Å². The molecule has 0 amide bonds. The molecule has 0 aliphatic heterocycles. The lowest BCUT2D eigenvalue weighted by atomic mass is 9.90. The molecule has 1 rings (SSSR count). The maximum absolute atomic E-state index is 10.3. The number of allylic oxidation sites excluding steroid dienone is 1. The quantitative estimate of drug-likeness (QED) is 0.419. The second kappa shape index (κ2) is 8.80. The Balaban J connectivity index is 2.57. The van der Waals surface area contributed by atoms with Crippen LogP contribution in [0.2, 0.25) is 0 Å². The summed E-state index contributed by atoms with van der Waals surface area (Å²) in [5, 5.41) is 37.7. The SMILES string of the molecule is CC(O)C=C[C@@H]1[C@@H](CC=C=CCCC(=O)O)[C@@H](O)C[C@H]1O. The van der Waals surface area contributed by atoms with Gasteiger partial charge < -0.3 is 20.4 Å². The predicted molar refractivity (Wildman–Crippen MR) is 78.6 cm³/mol. The molecule has 1 unspecified atom stereocenters. The number of rotatable bonds is 7. The van der Waals surface area contributed by atoms with Gasteiger partial charge in [-0.25, -0.2) is 0 Å². The molecule has 21 heavy (non-hydrogen) atoms. The zero-order valence-corrected chi connectivity index (χ0v) is 12.2. The normalized spacial score (nSPS) is 30.1. The first-order chi connectivity index (χ1) is 9.91. The lowest BCUT2D eigenvalue weighted by Gasteiger charge is -2.19. The van der Waals surface area contributed by atoms with Gasteiger partial charge in [-0.05, 0) is 37.8 Å². The third kappa shape index (κ3) is 6.27. The first-order valence-corrected chi connectivity index (χ1v) is 7.25. The van der Waals surface area contributed by atoms with Crippen LogP contribution in [-0.2, 0) is 4.79 Å². The highest BCUT2D eigenvalue weighted by atomic mass is 16.4. The molecule has 5 nitrogen and oxygen atoms in total. The minimum absolute atomic E-state index is 0.0748. The lowest BCUT2D eigenvalue weighted by molar-refractivity contribution is -0.136. The average Bonchev–Trinajstić information content (AvgIpc) is 2.65. The standard InChI is InChI=1S/C16H24O5/c1-11(17)8-9-13-12(14(18)10-15(13)19)6-4-2-3-5-7-16(20)21/h3-4,8-9,11-15,17-19H,5-7,10H2,1H3,(H,20,21)/t2?,11?,12-,13-,14+,15-/m1/s1. The van der Waals surface area contributed by atoms with Gasteiger partial charge in [0.1, 0.15) is 0 Å². The van der Waals surface area contributed by atoms with Crippen molar-refractivity contribution < 1.29 is 25.2 Å². The fourth-order valence-corrected chi connectivity index (χ4v) is 2.56. The molecule has 118 valence electrons. The van der Waals surface area contributed by atoms with E-state index in [0.29, 0.717) is 19.3 Å². The number of hydrogen-bond donors (Lipinski definition) is 4. The molecule has 1 saturated carbocycles. The summed E-state index contributed by atoms with van der Waals surface area (Å²) < 4.78 is 0. The number of carboxylic acids is 1. The molecule has 4 N–H and O–H groups in total. The molecular formula is C16H24O5. The van der Waals surface area contributed by atoms with Gasteiger partial charge >= 0.3 is 5.97 Å². The molecular weight excluding hydrogens is 272 g/mol. The van der Waals surface area contributed by atoms with Gasteiger partial charge in [-0.3, -0.25) is 4.79 Å². The fourth-order valence-electron chi connectivity index (χ4n) is 2.56. The van der Waals surface area contributed by atoms with Crippen molar-refractivity contribution >= 4 is 5.97 Å². The van der Waals surface area contributed by atoms with Crippen LogP contribution >= 0.6 is 0 Å². The molecule has 1 aliphatic carbocycles. The molecule has 5 heteroatoms. The van der Waals surface area contributed by atoms with E-state index in [4.69, 9.17) is 5.11 Å². The fraction of sp³-hybridized carbons (Fsp3) is 0.625. The number of aliphatic hydroxyl groups excluding tert-OH is 3. The van der Waals surface area contributed by atoms with E-state index in [1.807, 2.05) is 0 Å². The highest BCUT2D eigenvalue weighted by Crippen LogP contribution is 2.36. The predicted octanol–water partition coefficient (Wildman–Crippen LogP) is 1.25. The maximum Gasteiger partial charge on any atom is 0.303 e. The third-order valence-corrected chi connectivity index (χ3v) is 3.66. The first-order valence-electron chi connectivity index (χ1n) is 7.25. The number of carboxylic acid groups (broad SMARTS) is 1. The van der Waals surface area contributed by atoms with E-state index < -0.39 is 24.3 Å². The van der Waals surface area contributed by atoms with Crippen molar-refractivity contribution in [1.29, 1.82) is 0 Å². The first kappa shape index (κ1) is 17.7. The van der Waals surface area contributed by atoms with Gasteiger partial charge in [0, 0.05) is 18.8 Å². The van der Waals surface area contributed by atoms with Crippen LogP contribution in [0.5, 0.6) is 0 Å². The Morgan fingerprint density at radius 2 is 2.05 bits per heavy atom. The van der Waals surface area contributed by atoms with Crippen molar-refractivity contribution in [3.63, 3.8) is 0 Å². The molecule has 0 bridgehead atoms. The number of aliphatic carboxylic acids is 1. The maximum atomic E-state index is 10.3. The van der Waals surface area contributed by atoms with Gasteiger partial charge in [0.05, 0.1) is 18.3 Å². The zero-order chi connectivity index (χ0) is 15.8. The molecule has 0 aromatic carbocycles. The van der Waals surface area contributed by atoms with Crippen molar-refractivity contribution in [2.75, 3.05) is 0 Å². The van der Waals surface area contributed by atoms with Crippen LogP contribution < -0.4 is 0 Å². The molecule has 0 radical (unpaired) electrons. The molecule has 0 spiro atoms. The van der Waals surface area contributed by atoms with Gasteiger partial charge in [0.2, 0.25) is 0 Å². The summed E-state index contributed by atoms with van der Waals surface area (Å²) in [6.45, 7) is 1.63. The smallest absolute Gasteiger partial charge is 0.303 e. The van der Waals surface area contributed by atoms with Crippen LogP contribution in [0.15, 0.2) is 30.0 Å². The Bertz CT molecular complexity index is 420. The number of carbonyl (C=O) groups is 1. The van der Waals surface area contributed by atoms with Gasteiger partial charge in [-0.2, -0.15) is 0 Å². The molecule has 0 saturated heterocycles. The minimum Gasteiger partial charge on any atom is -0.481 e. The molecule has 1 fully saturated rings. The van der Waals surface area contributed by atoms with Gasteiger partial charge in [-0.15, -0.1) is 5.73 Å². The zero-order valence-electron chi connectivity index (χ0n) is 12.2. The molecule has 5 atom stereocenters. The van der Waals surface area contributed by atoms with Crippen molar-refractivity contribution in [3.05, 3.63) is 30.0 Å². The summed E-state index contributed by atoms with van der Waals surface area (Å²) in [4.78, 5) is 10.3. The van der Waals surface area contributed by atoms with E-state index in [9.17, 15) is 20.1 Å². The highest BCUT2D eigenvalue weighted by Gasteiger charge is 2.39. The second-order valence-corrected chi connectivity index (χ2v) is 5.48. The summed E-state index contributed by atoms with van der Waals surface area (Å²) in [6.07, 6.45) is 6.41. The Morgan fingerprint density at radius 1 is 1.33 bits per heavy atom. The van der Waals surface area contributed by atoms with E-state index in [-0.39, 0.29) is 18.3 Å². The van der Waals surface area contributed by atoms with Gasteiger partial charge in [-0.1, -0.05) is 12.2 Å². The minimum atomic E-state index is -0.842. The third-order valence-electron chi connectivity index (χ3n) is 3.66. The largest absolute Gasteiger partial charge is 0.481 e. The van der Waals surface area contributed by atoms with E-state index in [0.717, 1.165) is 0 Å². The van der Waals surface area contributed by atoms with Crippen LogP contribution in [0.1, 0.15) is 32.6 Å². The van der Waals surface area contributed by atoms with Crippen LogP contribution in [0.25, 0.3) is 0 Å². The van der Waals surface area contributed by atoms with Crippen LogP contribution in [-0.4, -0.2) is 44.7 Å². The second-order valence-electron chi connectivity index (χ2n) is 5.48. The Hall–Kier alpha value is -1.39. The van der Waals surface area contributed by atoms with Gasteiger partial charge in [0.25, 0.3) is 0 Å². The average molecular weight is 296 g/mol. The van der Waals surface area contributed by atoms with E-state index >= 15 is 0 Å². The Kier molecular flexibility index (Phi) is 7.40. The summed E-state index contributed by atoms with van der Waals surface area (Å²) in [6, 6.07) is 0. The molecule has 1 aliphatic rings. The van der Waals surface area contributed by atoms with E-state index in [1.165, 1.54) is 0 Å². The lowest BCUT2D eigenvalue weighted by Crippen LogP contribution is -2.20. The molecule has 0 heterocycles. The van der Waals surface area contributed by atoms with E-state index in [2.05, 4.69) is 5.73 Å². The van der Waals surface area contributed by atoms with Crippen molar-refractivity contribution in [2.45, 2.75) is 50.9 Å². The number of hydrogen-bond acceptors (Lipinski definition) is 4. The van der Waals surface area contributed by atoms with Crippen molar-refractivity contribution in [3.8, 4) is 0 Å². The van der Waals surface area contributed by atoms with Crippen molar-refractivity contribution in [1.82, 2.24) is 0 Å². The summed E-state index contributed by atoms with van der Waals surface area (Å²) in [7, 11) is 0. The Morgan fingerprint density at radius 3 is 2.67 bits per heavy atom. The van der Waals surface area contributed by atoms with Crippen molar-refractivity contribution in [2.24, 2.45) is 11.8 Å². The monoisotopic (exact) mass is 296 g/mol. The number of aliphatic hydroxyl groups is 3. The van der Waals surface area contributed by atoms with Gasteiger partial charge in [0.15, 0.2) is 0 Å². The molecule has 0 aromatic heterocycles. The van der Waals surface area contributed by atoms with Crippen LogP contribution in [0.4, 0.5) is 0 Å².